The number of carbonyl (C=O) groups is 2. The highest BCUT2D eigenvalue weighted by Crippen LogP contribution is 2.26. The molecule has 2 heterocycles. The molecule has 0 radical (unpaired) electrons. The Kier molecular flexibility index (Phi) is 8.22. The van der Waals surface area contributed by atoms with Crippen molar-refractivity contribution in [2.24, 2.45) is 0 Å². The molecule has 3 aromatic rings. The van der Waals surface area contributed by atoms with E-state index in [4.69, 9.17) is 14.5 Å². The first-order chi connectivity index (χ1) is 17.9. The highest BCUT2D eigenvalue weighted by molar-refractivity contribution is 5.92. The lowest BCUT2D eigenvalue weighted by Crippen LogP contribution is -2.50. The molecule has 0 unspecified atom stereocenters. The highest BCUT2D eigenvalue weighted by atomic mass is 16.5. The third kappa shape index (κ3) is 6.35. The number of carbonyl (C=O) groups excluding carboxylic acids is 2. The molecule has 0 aliphatic carbocycles. The minimum Gasteiger partial charge on any atom is -0.497 e. The number of hydrogen-bond acceptors (Lipinski definition) is 7. The minimum atomic E-state index is -0.377. The van der Waals surface area contributed by atoms with Gasteiger partial charge in [0.15, 0.2) is 0 Å². The van der Waals surface area contributed by atoms with Crippen molar-refractivity contribution in [2.45, 2.75) is 27.2 Å². The van der Waals surface area contributed by atoms with Gasteiger partial charge >= 0.3 is 12.0 Å². The molecule has 9 heteroatoms. The van der Waals surface area contributed by atoms with Crippen molar-refractivity contribution >= 4 is 23.5 Å². The molecule has 1 saturated heterocycles. The van der Waals surface area contributed by atoms with E-state index in [1.807, 2.05) is 26.0 Å². The van der Waals surface area contributed by atoms with Gasteiger partial charge in [0.05, 0.1) is 19.3 Å². The molecule has 1 N–H and O–H groups in total. The van der Waals surface area contributed by atoms with E-state index < -0.39 is 0 Å². The molecule has 4 rings (SSSR count). The largest absolute Gasteiger partial charge is 0.497 e. The van der Waals surface area contributed by atoms with Crippen LogP contribution < -0.4 is 15.0 Å². The highest BCUT2D eigenvalue weighted by Gasteiger charge is 2.25. The molecule has 0 bridgehead atoms. The Balaban J connectivity index is 1.40. The Morgan fingerprint density at radius 1 is 0.946 bits per heavy atom. The van der Waals surface area contributed by atoms with Crippen LogP contribution in [0.3, 0.4) is 0 Å². The molecular formula is C28H33N5O4. The van der Waals surface area contributed by atoms with Gasteiger partial charge in [-0.3, -0.25) is 0 Å². The zero-order valence-corrected chi connectivity index (χ0v) is 21.8. The summed E-state index contributed by atoms with van der Waals surface area (Å²) in [5.41, 5.74) is 4.29. The lowest BCUT2D eigenvalue weighted by atomic mass is 10.0. The summed E-state index contributed by atoms with van der Waals surface area (Å²) < 4.78 is 10.3. The Labute approximate surface area is 217 Å². The van der Waals surface area contributed by atoms with Gasteiger partial charge < -0.3 is 24.6 Å². The average molecular weight is 504 g/mol. The van der Waals surface area contributed by atoms with E-state index in [-0.39, 0.29) is 12.0 Å². The molecule has 1 aliphatic rings. The van der Waals surface area contributed by atoms with Gasteiger partial charge in [-0.05, 0) is 62.7 Å². The summed E-state index contributed by atoms with van der Waals surface area (Å²) in [7, 11) is 1.66. The van der Waals surface area contributed by atoms with Gasteiger partial charge in [-0.25, -0.2) is 19.6 Å². The monoisotopic (exact) mass is 503 g/mol. The van der Waals surface area contributed by atoms with Gasteiger partial charge in [-0.2, -0.15) is 0 Å². The molecular weight excluding hydrogens is 470 g/mol. The number of methoxy groups -OCH3 is 1. The smallest absolute Gasteiger partial charge is 0.338 e. The molecule has 9 nitrogen and oxygen atoms in total. The standard InChI is InChI=1S/C28H33N5O4/c1-5-37-27(34)22-8-10-23(11-9-22)31-28(35)33-16-14-32(15-17-33)26-25(19(2)29-20(3)30-26)18-21-6-12-24(36-4)13-7-21/h6-13H,5,14-18H2,1-4H3,(H,31,35). The van der Waals surface area contributed by atoms with Crippen LogP contribution in [0, 0.1) is 13.8 Å². The minimum absolute atomic E-state index is 0.169. The fourth-order valence-corrected chi connectivity index (χ4v) is 4.36. The number of aryl methyl sites for hydroxylation is 2. The van der Waals surface area contributed by atoms with Crippen molar-refractivity contribution in [1.82, 2.24) is 14.9 Å². The maximum Gasteiger partial charge on any atom is 0.338 e. The van der Waals surface area contributed by atoms with Gasteiger partial charge in [0.25, 0.3) is 0 Å². The number of rotatable bonds is 7. The number of nitrogens with one attached hydrogen (secondary N) is 1. The van der Waals surface area contributed by atoms with Crippen molar-refractivity contribution in [3.8, 4) is 5.75 Å². The van der Waals surface area contributed by atoms with Gasteiger partial charge in [0, 0.05) is 49.5 Å². The van der Waals surface area contributed by atoms with E-state index in [0.29, 0.717) is 50.5 Å². The van der Waals surface area contributed by atoms with E-state index >= 15 is 0 Å². The van der Waals surface area contributed by atoms with Crippen LogP contribution in [0.1, 0.15) is 39.9 Å². The van der Waals surface area contributed by atoms with Crippen molar-refractivity contribution in [3.63, 3.8) is 0 Å². The number of hydrogen-bond donors (Lipinski definition) is 1. The number of esters is 1. The van der Waals surface area contributed by atoms with E-state index in [0.717, 1.165) is 34.2 Å². The summed E-state index contributed by atoms with van der Waals surface area (Å²) in [4.78, 5) is 38.1. The number of nitrogens with zero attached hydrogens (tertiary/aromatic N) is 4. The van der Waals surface area contributed by atoms with Crippen LogP contribution in [0.15, 0.2) is 48.5 Å². The van der Waals surface area contributed by atoms with Crippen LogP contribution >= 0.6 is 0 Å². The predicted octanol–water partition coefficient (Wildman–Crippen LogP) is 4.22. The number of anilines is 2. The second kappa shape index (κ2) is 11.7. The van der Waals surface area contributed by atoms with Crippen LogP contribution in [0.4, 0.5) is 16.3 Å². The SMILES string of the molecule is CCOC(=O)c1ccc(NC(=O)N2CCN(c3nc(C)nc(C)c3Cc3ccc(OC)cc3)CC2)cc1. The Morgan fingerprint density at radius 3 is 2.24 bits per heavy atom. The van der Waals surface area contributed by atoms with Crippen molar-refractivity contribution in [3.05, 3.63) is 76.7 Å². The summed E-state index contributed by atoms with van der Waals surface area (Å²) >= 11 is 0. The fraction of sp³-hybridized carbons (Fsp3) is 0.357. The number of amides is 2. The first-order valence-corrected chi connectivity index (χ1v) is 12.4. The van der Waals surface area contributed by atoms with Crippen molar-refractivity contribution < 1.29 is 19.1 Å². The zero-order chi connectivity index (χ0) is 26.4. The van der Waals surface area contributed by atoms with Crippen LogP contribution in [-0.2, 0) is 11.2 Å². The van der Waals surface area contributed by atoms with Gasteiger partial charge in [0.2, 0.25) is 0 Å². The molecule has 2 amide bonds. The second-order valence-corrected chi connectivity index (χ2v) is 8.89. The molecule has 1 aromatic heterocycles. The zero-order valence-electron chi connectivity index (χ0n) is 21.8. The third-order valence-corrected chi connectivity index (χ3v) is 6.36. The van der Waals surface area contributed by atoms with Crippen LogP contribution in [0.25, 0.3) is 0 Å². The molecule has 2 aromatic carbocycles. The normalized spacial score (nSPS) is 13.3. The predicted molar refractivity (Wildman–Crippen MR) is 143 cm³/mol. The maximum atomic E-state index is 12.9. The van der Waals surface area contributed by atoms with Crippen LogP contribution in [0.2, 0.25) is 0 Å². The summed E-state index contributed by atoms with van der Waals surface area (Å²) in [6.07, 6.45) is 0.716. The van der Waals surface area contributed by atoms with E-state index in [1.54, 1.807) is 43.2 Å². The summed E-state index contributed by atoms with van der Waals surface area (Å²) in [6.45, 7) is 8.48. The van der Waals surface area contributed by atoms with Gasteiger partial charge in [0.1, 0.15) is 17.4 Å². The molecule has 37 heavy (non-hydrogen) atoms. The van der Waals surface area contributed by atoms with Gasteiger partial charge in [-0.15, -0.1) is 0 Å². The lowest BCUT2D eigenvalue weighted by Gasteiger charge is -2.36. The van der Waals surface area contributed by atoms with Crippen LogP contribution in [-0.4, -0.2) is 66.8 Å². The third-order valence-electron chi connectivity index (χ3n) is 6.36. The quantitative estimate of drug-likeness (QED) is 0.482. The average Bonchev–Trinajstić information content (AvgIpc) is 2.91. The maximum absolute atomic E-state index is 12.9. The molecule has 0 spiro atoms. The summed E-state index contributed by atoms with van der Waals surface area (Å²) in [5, 5.41) is 2.92. The number of benzene rings is 2. The number of urea groups is 1. The van der Waals surface area contributed by atoms with E-state index in [2.05, 4.69) is 27.3 Å². The van der Waals surface area contributed by atoms with E-state index in [1.165, 1.54) is 0 Å². The Hall–Kier alpha value is -4.14. The Bertz CT molecular complexity index is 1240. The van der Waals surface area contributed by atoms with Crippen molar-refractivity contribution in [2.75, 3.05) is 50.1 Å². The summed E-state index contributed by atoms with van der Waals surface area (Å²) in [5.74, 6) is 2.11. The number of piperazine rings is 1. The first kappa shape index (κ1) is 25.9. The molecule has 0 atom stereocenters. The van der Waals surface area contributed by atoms with E-state index in [9.17, 15) is 9.59 Å². The lowest BCUT2D eigenvalue weighted by molar-refractivity contribution is 0.0526. The number of aromatic nitrogens is 2. The fourth-order valence-electron chi connectivity index (χ4n) is 4.36. The molecule has 1 fully saturated rings. The Morgan fingerprint density at radius 2 is 1.62 bits per heavy atom. The number of ether oxygens (including phenoxy) is 2. The second-order valence-electron chi connectivity index (χ2n) is 8.89. The topological polar surface area (TPSA) is 96.9 Å². The van der Waals surface area contributed by atoms with Gasteiger partial charge in [-0.1, -0.05) is 12.1 Å². The molecule has 194 valence electrons. The van der Waals surface area contributed by atoms with Crippen LogP contribution in [0.5, 0.6) is 5.75 Å². The molecule has 0 saturated carbocycles. The summed E-state index contributed by atoms with van der Waals surface area (Å²) in [6, 6.07) is 14.6. The first-order valence-electron chi connectivity index (χ1n) is 12.4. The van der Waals surface area contributed by atoms with Crippen molar-refractivity contribution in [1.29, 1.82) is 0 Å². The molecule has 1 aliphatic heterocycles.